The zero-order valence-corrected chi connectivity index (χ0v) is 12.3. The summed E-state index contributed by atoms with van der Waals surface area (Å²) in [5.41, 5.74) is 0.587. The molecule has 5 nitrogen and oxygen atoms in total. The van der Waals surface area contributed by atoms with Gasteiger partial charge in [0.1, 0.15) is 18.5 Å². The highest BCUT2D eigenvalue weighted by Crippen LogP contribution is 2.17. The molecule has 1 aromatic rings. The average Bonchev–Trinajstić information content (AvgIpc) is 2.49. The fraction of sp³-hybridized carbons (Fsp3) is 0.562. The molecule has 0 aromatic heterocycles. The van der Waals surface area contributed by atoms with Crippen molar-refractivity contribution >= 4 is 0 Å². The second-order valence-corrected chi connectivity index (χ2v) is 5.69. The fourth-order valence-electron chi connectivity index (χ4n) is 2.55. The van der Waals surface area contributed by atoms with Crippen molar-refractivity contribution in [3.8, 4) is 11.8 Å². The number of aliphatic hydroxyl groups is 2. The third-order valence-electron chi connectivity index (χ3n) is 3.84. The van der Waals surface area contributed by atoms with Gasteiger partial charge in [0, 0.05) is 19.6 Å². The Hall–Kier alpha value is -1.61. The minimum Gasteiger partial charge on any atom is -0.491 e. The molecule has 0 bridgehead atoms. The number of hydrogen-bond donors (Lipinski definition) is 2. The lowest BCUT2D eigenvalue weighted by Crippen LogP contribution is -2.45. The first-order chi connectivity index (χ1) is 10.1. The van der Waals surface area contributed by atoms with Gasteiger partial charge in [-0.1, -0.05) is 6.92 Å². The maximum absolute atomic E-state index is 10.0. The van der Waals surface area contributed by atoms with Crippen LogP contribution in [0, 0.1) is 17.2 Å². The van der Waals surface area contributed by atoms with Crippen LogP contribution in [0.4, 0.5) is 0 Å². The molecule has 1 saturated heterocycles. The Labute approximate surface area is 125 Å². The van der Waals surface area contributed by atoms with Crippen molar-refractivity contribution in [2.45, 2.75) is 25.6 Å². The molecular formula is C16H22N2O3. The van der Waals surface area contributed by atoms with E-state index in [0.717, 1.165) is 19.5 Å². The molecule has 1 aliphatic rings. The SMILES string of the molecule is CC1CN(CC(O)COc2ccc(C#N)cc2)CCC1O. The largest absolute Gasteiger partial charge is 0.491 e. The molecule has 1 fully saturated rings. The molecule has 2 rings (SSSR count). The monoisotopic (exact) mass is 290 g/mol. The summed E-state index contributed by atoms with van der Waals surface area (Å²) in [5.74, 6) is 0.890. The number of hydrogen-bond acceptors (Lipinski definition) is 5. The van der Waals surface area contributed by atoms with E-state index in [0.29, 0.717) is 17.9 Å². The van der Waals surface area contributed by atoms with Gasteiger partial charge in [0.15, 0.2) is 0 Å². The van der Waals surface area contributed by atoms with E-state index in [1.54, 1.807) is 24.3 Å². The highest BCUT2D eigenvalue weighted by Gasteiger charge is 2.25. The summed E-state index contributed by atoms with van der Waals surface area (Å²) in [7, 11) is 0. The first-order valence-corrected chi connectivity index (χ1v) is 7.30. The van der Waals surface area contributed by atoms with Gasteiger partial charge in [-0.25, -0.2) is 0 Å². The quantitative estimate of drug-likeness (QED) is 0.846. The number of benzene rings is 1. The van der Waals surface area contributed by atoms with Crippen molar-refractivity contribution in [2.75, 3.05) is 26.2 Å². The molecule has 0 amide bonds. The number of piperidine rings is 1. The predicted octanol–water partition coefficient (Wildman–Crippen LogP) is 1.00. The first kappa shape index (κ1) is 15.8. The van der Waals surface area contributed by atoms with Crippen molar-refractivity contribution in [1.82, 2.24) is 4.90 Å². The minimum absolute atomic E-state index is 0.222. The lowest BCUT2D eigenvalue weighted by molar-refractivity contribution is 0.00583. The van der Waals surface area contributed by atoms with Gasteiger partial charge in [-0.3, -0.25) is 0 Å². The summed E-state index contributed by atoms with van der Waals surface area (Å²) in [6.45, 7) is 4.40. The molecule has 0 radical (unpaired) electrons. The van der Waals surface area contributed by atoms with Crippen LogP contribution in [0.1, 0.15) is 18.9 Å². The lowest BCUT2D eigenvalue weighted by atomic mass is 9.96. The van der Waals surface area contributed by atoms with E-state index in [-0.39, 0.29) is 18.6 Å². The highest BCUT2D eigenvalue weighted by atomic mass is 16.5. The van der Waals surface area contributed by atoms with Crippen LogP contribution in [0.3, 0.4) is 0 Å². The van der Waals surface area contributed by atoms with E-state index in [2.05, 4.69) is 4.90 Å². The van der Waals surface area contributed by atoms with Gasteiger partial charge in [-0.05, 0) is 36.6 Å². The average molecular weight is 290 g/mol. The number of likely N-dealkylation sites (tertiary alicyclic amines) is 1. The van der Waals surface area contributed by atoms with E-state index in [9.17, 15) is 10.2 Å². The molecule has 3 unspecified atom stereocenters. The van der Waals surface area contributed by atoms with Gasteiger partial charge in [0.25, 0.3) is 0 Å². The summed E-state index contributed by atoms with van der Waals surface area (Å²) in [6, 6.07) is 8.88. The summed E-state index contributed by atoms with van der Waals surface area (Å²) in [4.78, 5) is 2.16. The molecule has 21 heavy (non-hydrogen) atoms. The van der Waals surface area contributed by atoms with E-state index < -0.39 is 6.10 Å². The third kappa shape index (κ3) is 4.71. The van der Waals surface area contributed by atoms with Crippen LogP contribution in [-0.2, 0) is 0 Å². The summed E-state index contributed by atoms with van der Waals surface area (Å²) in [5, 5.41) is 28.4. The molecule has 2 N–H and O–H groups in total. The summed E-state index contributed by atoms with van der Waals surface area (Å²) >= 11 is 0. The van der Waals surface area contributed by atoms with Gasteiger partial charge in [0.2, 0.25) is 0 Å². The molecule has 114 valence electrons. The Morgan fingerprint density at radius 2 is 2.14 bits per heavy atom. The molecule has 1 heterocycles. The Bertz CT molecular complexity index is 483. The number of aliphatic hydroxyl groups excluding tert-OH is 2. The van der Waals surface area contributed by atoms with E-state index >= 15 is 0 Å². The van der Waals surface area contributed by atoms with Gasteiger partial charge >= 0.3 is 0 Å². The van der Waals surface area contributed by atoms with Gasteiger partial charge in [-0.2, -0.15) is 5.26 Å². The summed E-state index contributed by atoms with van der Waals surface area (Å²) < 4.78 is 5.52. The Kier molecular flexibility index (Phi) is 5.57. The predicted molar refractivity (Wildman–Crippen MR) is 78.9 cm³/mol. The van der Waals surface area contributed by atoms with Crippen molar-refractivity contribution in [3.63, 3.8) is 0 Å². The standard InChI is InChI=1S/C16H22N2O3/c1-12-9-18(7-6-16(12)20)10-14(19)11-21-15-4-2-13(8-17)3-5-15/h2-5,12,14,16,19-20H,6-7,9-11H2,1H3. The van der Waals surface area contributed by atoms with E-state index in [4.69, 9.17) is 10.00 Å². The molecular weight excluding hydrogens is 268 g/mol. The zero-order valence-electron chi connectivity index (χ0n) is 12.3. The van der Waals surface area contributed by atoms with Crippen molar-refractivity contribution < 1.29 is 14.9 Å². The van der Waals surface area contributed by atoms with Crippen molar-refractivity contribution in [1.29, 1.82) is 5.26 Å². The Balaban J connectivity index is 1.74. The van der Waals surface area contributed by atoms with E-state index in [1.807, 2.05) is 13.0 Å². The Morgan fingerprint density at radius 1 is 1.43 bits per heavy atom. The number of nitrogens with zero attached hydrogens (tertiary/aromatic N) is 2. The van der Waals surface area contributed by atoms with Crippen LogP contribution in [-0.4, -0.2) is 53.6 Å². The van der Waals surface area contributed by atoms with Crippen LogP contribution >= 0.6 is 0 Å². The van der Waals surface area contributed by atoms with Crippen LogP contribution in [0.5, 0.6) is 5.75 Å². The molecule has 0 spiro atoms. The highest BCUT2D eigenvalue weighted by molar-refractivity contribution is 5.34. The fourth-order valence-corrected chi connectivity index (χ4v) is 2.55. The molecule has 0 saturated carbocycles. The minimum atomic E-state index is -0.567. The van der Waals surface area contributed by atoms with Gasteiger partial charge in [0.05, 0.1) is 17.7 Å². The van der Waals surface area contributed by atoms with Crippen molar-refractivity contribution in [3.05, 3.63) is 29.8 Å². The maximum atomic E-state index is 10.0. The lowest BCUT2D eigenvalue weighted by Gasteiger charge is -2.35. The van der Waals surface area contributed by atoms with Crippen LogP contribution in [0.15, 0.2) is 24.3 Å². The molecule has 3 atom stereocenters. The normalized spacial score (nSPS) is 24.3. The third-order valence-corrected chi connectivity index (χ3v) is 3.84. The second-order valence-electron chi connectivity index (χ2n) is 5.69. The zero-order chi connectivity index (χ0) is 15.2. The number of ether oxygens (including phenoxy) is 1. The van der Waals surface area contributed by atoms with Crippen LogP contribution in [0.2, 0.25) is 0 Å². The Morgan fingerprint density at radius 3 is 2.76 bits per heavy atom. The van der Waals surface area contributed by atoms with Crippen LogP contribution in [0.25, 0.3) is 0 Å². The number of rotatable bonds is 5. The topological polar surface area (TPSA) is 76.7 Å². The molecule has 5 heteroatoms. The first-order valence-electron chi connectivity index (χ1n) is 7.30. The number of β-amino-alcohol motifs (C(OH)–C–C–N with tert-alkyl or cyclic N) is 1. The number of nitriles is 1. The van der Waals surface area contributed by atoms with Gasteiger partial charge < -0.3 is 19.8 Å². The second kappa shape index (κ2) is 7.41. The smallest absolute Gasteiger partial charge is 0.119 e. The molecule has 1 aromatic carbocycles. The van der Waals surface area contributed by atoms with Crippen LogP contribution < -0.4 is 4.74 Å². The van der Waals surface area contributed by atoms with Crippen molar-refractivity contribution in [2.24, 2.45) is 5.92 Å². The summed E-state index contributed by atoms with van der Waals surface area (Å²) in [6.07, 6.45) is -0.0407. The molecule has 0 aliphatic carbocycles. The van der Waals surface area contributed by atoms with Gasteiger partial charge in [-0.15, -0.1) is 0 Å². The van der Waals surface area contributed by atoms with E-state index in [1.165, 1.54) is 0 Å². The molecule has 1 aliphatic heterocycles. The maximum Gasteiger partial charge on any atom is 0.119 e.